The van der Waals surface area contributed by atoms with Crippen LogP contribution in [0, 0.1) is 0 Å². The molecule has 0 aromatic heterocycles. The van der Waals surface area contributed by atoms with Gasteiger partial charge in [0.2, 0.25) is 5.91 Å². The molecule has 0 rings (SSSR count). The van der Waals surface area contributed by atoms with Gasteiger partial charge in [0.05, 0.1) is 0 Å². The van der Waals surface area contributed by atoms with E-state index in [0.29, 0.717) is 13.0 Å². The van der Waals surface area contributed by atoms with Crippen LogP contribution in [0.2, 0.25) is 0 Å². The lowest BCUT2D eigenvalue weighted by Gasteiger charge is -2.15. The van der Waals surface area contributed by atoms with Crippen molar-refractivity contribution in [2.45, 2.75) is 32.4 Å². The van der Waals surface area contributed by atoms with Crippen LogP contribution in [-0.2, 0) is 4.79 Å². The molecular formula is C7H16N2O2. The Labute approximate surface area is 66.8 Å². The minimum absolute atomic E-state index is 0.387. The molecule has 0 bridgehead atoms. The molecule has 0 aromatic carbocycles. The largest absolute Gasteiger partial charge is 0.382 e. The van der Waals surface area contributed by atoms with E-state index >= 15 is 0 Å². The summed E-state index contributed by atoms with van der Waals surface area (Å²) in [5.41, 5.74) is 5.44. The molecule has 1 amide bonds. The minimum atomic E-state index is -1.07. The second kappa shape index (κ2) is 5.09. The van der Waals surface area contributed by atoms with Crippen molar-refractivity contribution >= 4 is 5.91 Å². The molecular weight excluding hydrogens is 144 g/mol. The van der Waals surface area contributed by atoms with Gasteiger partial charge in [-0.05, 0) is 13.3 Å². The number of aliphatic hydroxyl groups excluding tert-OH is 1. The molecule has 66 valence electrons. The first-order valence-electron chi connectivity index (χ1n) is 3.84. The van der Waals surface area contributed by atoms with Gasteiger partial charge in [0.1, 0.15) is 6.10 Å². The highest BCUT2D eigenvalue weighted by atomic mass is 16.3. The first-order valence-corrected chi connectivity index (χ1v) is 3.84. The Balaban J connectivity index is 3.80. The highest BCUT2D eigenvalue weighted by molar-refractivity contribution is 5.81. The number of hydrogen-bond acceptors (Lipinski definition) is 3. The zero-order valence-electron chi connectivity index (χ0n) is 7.00. The molecule has 2 atom stereocenters. The summed E-state index contributed by atoms with van der Waals surface area (Å²) in [6, 6.07) is -0.457. The van der Waals surface area contributed by atoms with E-state index in [1.165, 1.54) is 0 Å². The molecule has 0 heterocycles. The number of carbonyl (C=O) groups is 1. The summed E-state index contributed by atoms with van der Waals surface area (Å²) < 4.78 is 0. The second-order valence-corrected chi connectivity index (χ2v) is 2.41. The number of amides is 1. The monoisotopic (exact) mass is 160 g/mol. The summed E-state index contributed by atoms with van der Waals surface area (Å²) in [4.78, 5) is 10.9. The maximum Gasteiger partial charge on any atom is 0.250 e. The van der Waals surface area contributed by atoms with Gasteiger partial charge in [-0.15, -0.1) is 0 Å². The Bertz CT molecular complexity index is 128. The summed E-state index contributed by atoms with van der Waals surface area (Å²) in [6.07, 6.45) is -0.474. The minimum Gasteiger partial charge on any atom is -0.382 e. The van der Waals surface area contributed by atoms with Crippen molar-refractivity contribution in [1.29, 1.82) is 0 Å². The van der Waals surface area contributed by atoms with Crippen LogP contribution in [0.25, 0.3) is 0 Å². The molecule has 11 heavy (non-hydrogen) atoms. The molecule has 0 fully saturated rings. The van der Waals surface area contributed by atoms with E-state index < -0.39 is 12.1 Å². The van der Waals surface area contributed by atoms with Crippen LogP contribution >= 0.6 is 0 Å². The van der Waals surface area contributed by atoms with Gasteiger partial charge in [-0.2, -0.15) is 0 Å². The van der Waals surface area contributed by atoms with E-state index in [9.17, 15) is 9.90 Å². The van der Waals surface area contributed by atoms with Gasteiger partial charge in [0, 0.05) is 12.6 Å². The summed E-state index contributed by atoms with van der Waals surface area (Å²) in [7, 11) is 0. The van der Waals surface area contributed by atoms with E-state index in [4.69, 9.17) is 5.73 Å². The predicted octanol–water partition coefficient (Wildman–Crippen LogP) is -0.779. The third-order valence-corrected chi connectivity index (χ3v) is 1.50. The van der Waals surface area contributed by atoms with E-state index in [1.807, 2.05) is 6.92 Å². The van der Waals surface area contributed by atoms with Gasteiger partial charge in [0.15, 0.2) is 0 Å². The quantitative estimate of drug-likeness (QED) is 0.505. The lowest BCUT2D eigenvalue weighted by molar-refractivity contribution is -0.130. The Kier molecular flexibility index (Phi) is 4.81. The Morgan fingerprint density at radius 1 is 1.64 bits per heavy atom. The molecule has 0 aliphatic carbocycles. The van der Waals surface area contributed by atoms with Crippen molar-refractivity contribution < 1.29 is 9.90 Å². The molecule has 0 radical (unpaired) electrons. The maximum atomic E-state index is 10.9. The van der Waals surface area contributed by atoms with Crippen LogP contribution in [0.5, 0.6) is 0 Å². The van der Waals surface area contributed by atoms with E-state index in [0.717, 1.165) is 0 Å². The van der Waals surface area contributed by atoms with Gasteiger partial charge < -0.3 is 16.2 Å². The number of likely N-dealkylation sites (N-methyl/N-ethyl adjacent to an activating group) is 1. The van der Waals surface area contributed by atoms with Crippen molar-refractivity contribution in [3.8, 4) is 0 Å². The third-order valence-electron chi connectivity index (χ3n) is 1.50. The molecule has 4 nitrogen and oxygen atoms in total. The predicted molar refractivity (Wildman–Crippen MR) is 43.0 cm³/mol. The van der Waals surface area contributed by atoms with Gasteiger partial charge in [-0.1, -0.05) is 6.92 Å². The van der Waals surface area contributed by atoms with Crippen LogP contribution < -0.4 is 11.1 Å². The zero-order valence-corrected chi connectivity index (χ0v) is 7.00. The number of nitrogens with two attached hydrogens (primary N) is 1. The van der Waals surface area contributed by atoms with Crippen molar-refractivity contribution in [2.24, 2.45) is 5.73 Å². The van der Waals surface area contributed by atoms with E-state index in [-0.39, 0.29) is 5.91 Å². The van der Waals surface area contributed by atoms with Crippen LogP contribution in [0.1, 0.15) is 20.3 Å². The molecule has 0 saturated heterocycles. The molecule has 0 aliphatic heterocycles. The normalized spacial score (nSPS) is 15.6. The van der Waals surface area contributed by atoms with Crippen LogP contribution in [0.3, 0.4) is 0 Å². The fourth-order valence-corrected chi connectivity index (χ4v) is 0.696. The van der Waals surface area contributed by atoms with Crippen molar-refractivity contribution in [1.82, 2.24) is 5.32 Å². The molecule has 0 aromatic rings. The van der Waals surface area contributed by atoms with Gasteiger partial charge in [0.25, 0.3) is 0 Å². The summed E-state index contributed by atoms with van der Waals surface area (Å²) in [6.45, 7) is 4.14. The molecule has 4 heteroatoms. The molecule has 0 saturated carbocycles. The molecule has 4 N–H and O–H groups in total. The Hall–Kier alpha value is -0.610. The highest BCUT2D eigenvalue weighted by Gasteiger charge is 2.19. The number of rotatable bonds is 4. The van der Waals surface area contributed by atoms with Crippen molar-refractivity contribution in [2.75, 3.05) is 6.54 Å². The zero-order chi connectivity index (χ0) is 8.85. The lowest BCUT2D eigenvalue weighted by Crippen LogP contribution is -2.45. The summed E-state index contributed by atoms with van der Waals surface area (Å²) >= 11 is 0. The van der Waals surface area contributed by atoms with Crippen molar-refractivity contribution in [3.63, 3.8) is 0 Å². The average Bonchev–Trinajstić information content (AvgIpc) is 2.02. The SMILES string of the molecule is CCNC(=O)C(O)[C@@H](N)CC. The summed E-state index contributed by atoms with van der Waals surface area (Å²) in [5, 5.41) is 11.7. The summed E-state index contributed by atoms with van der Waals surface area (Å²) in [5.74, 6) is -0.387. The first kappa shape index (κ1) is 10.4. The van der Waals surface area contributed by atoms with Crippen LogP contribution in [0.4, 0.5) is 0 Å². The number of carbonyl (C=O) groups excluding carboxylic acids is 1. The topological polar surface area (TPSA) is 75.3 Å². The van der Waals surface area contributed by atoms with E-state index in [2.05, 4.69) is 5.32 Å². The fraction of sp³-hybridized carbons (Fsp3) is 0.857. The Morgan fingerprint density at radius 3 is 2.55 bits per heavy atom. The molecule has 0 spiro atoms. The van der Waals surface area contributed by atoms with E-state index in [1.54, 1.807) is 6.92 Å². The fourth-order valence-electron chi connectivity index (χ4n) is 0.696. The van der Waals surface area contributed by atoms with Gasteiger partial charge in [-0.25, -0.2) is 0 Å². The average molecular weight is 160 g/mol. The number of nitrogens with one attached hydrogen (secondary N) is 1. The van der Waals surface area contributed by atoms with Gasteiger partial charge in [-0.3, -0.25) is 4.79 Å². The lowest BCUT2D eigenvalue weighted by atomic mass is 10.1. The number of aliphatic hydroxyl groups is 1. The number of hydrogen-bond donors (Lipinski definition) is 3. The van der Waals surface area contributed by atoms with Crippen LogP contribution in [-0.4, -0.2) is 29.7 Å². The first-order chi connectivity index (χ1) is 5.13. The standard InChI is InChI=1S/C7H16N2O2/c1-3-5(8)6(10)7(11)9-4-2/h5-6,10H,3-4,8H2,1-2H3,(H,9,11)/t5-,6?/m0/s1. The highest BCUT2D eigenvalue weighted by Crippen LogP contribution is 1.94. The Morgan fingerprint density at radius 2 is 2.18 bits per heavy atom. The smallest absolute Gasteiger partial charge is 0.250 e. The maximum absolute atomic E-state index is 10.9. The third kappa shape index (κ3) is 3.34. The van der Waals surface area contributed by atoms with Gasteiger partial charge >= 0.3 is 0 Å². The van der Waals surface area contributed by atoms with Crippen molar-refractivity contribution in [3.05, 3.63) is 0 Å². The molecule has 0 aliphatic rings. The second-order valence-electron chi connectivity index (χ2n) is 2.41. The molecule has 1 unspecified atom stereocenters. The van der Waals surface area contributed by atoms with Crippen LogP contribution in [0.15, 0.2) is 0 Å².